The van der Waals surface area contributed by atoms with Crippen LogP contribution in [0.5, 0.6) is 0 Å². The second-order valence-corrected chi connectivity index (χ2v) is 5.05. The summed E-state index contributed by atoms with van der Waals surface area (Å²) in [7, 11) is 0. The van der Waals surface area contributed by atoms with Crippen molar-refractivity contribution < 1.29 is 4.79 Å². The van der Waals surface area contributed by atoms with Crippen molar-refractivity contribution >= 4 is 5.91 Å². The van der Waals surface area contributed by atoms with Crippen molar-refractivity contribution in [1.29, 1.82) is 0 Å². The summed E-state index contributed by atoms with van der Waals surface area (Å²) in [6, 6.07) is 0.100. The Morgan fingerprint density at radius 2 is 2.21 bits per heavy atom. The molecule has 3 heteroatoms. The second kappa shape index (κ2) is 3.54. The van der Waals surface area contributed by atoms with Gasteiger partial charge in [-0.1, -0.05) is 6.42 Å². The summed E-state index contributed by atoms with van der Waals surface area (Å²) in [6.45, 7) is 6.25. The Bertz CT molecular complexity index is 231. The predicted octanol–water partition coefficient (Wildman–Crippen LogP) is 1.14. The summed E-state index contributed by atoms with van der Waals surface area (Å²) >= 11 is 0. The SMILES string of the molecule is CC1(C)CCN1C(=O)[C@H]1CCCCN1. The van der Waals surface area contributed by atoms with Crippen LogP contribution in [0.25, 0.3) is 0 Å². The maximum Gasteiger partial charge on any atom is 0.240 e. The standard InChI is InChI=1S/C11H20N2O/c1-11(2)6-8-13(11)10(14)9-5-3-4-7-12-9/h9,12H,3-8H2,1-2H3/t9-/m1/s1. The molecule has 2 aliphatic rings. The first-order valence-electron chi connectivity index (χ1n) is 5.66. The Balaban J connectivity index is 1.94. The van der Waals surface area contributed by atoms with Gasteiger partial charge in [0.05, 0.1) is 6.04 Å². The minimum Gasteiger partial charge on any atom is -0.336 e. The number of rotatable bonds is 1. The molecule has 0 aliphatic carbocycles. The lowest BCUT2D eigenvalue weighted by atomic mass is 9.87. The summed E-state index contributed by atoms with van der Waals surface area (Å²) in [6.07, 6.45) is 4.57. The van der Waals surface area contributed by atoms with E-state index in [1.54, 1.807) is 0 Å². The molecule has 0 aromatic carbocycles. The Morgan fingerprint density at radius 1 is 1.43 bits per heavy atom. The quantitative estimate of drug-likeness (QED) is 0.682. The third-order valence-corrected chi connectivity index (χ3v) is 3.55. The van der Waals surface area contributed by atoms with E-state index < -0.39 is 0 Å². The maximum atomic E-state index is 12.1. The van der Waals surface area contributed by atoms with Gasteiger partial charge >= 0.3 is 0 Å². The van der Waals surface area contributed by atoms with Gasteiger partial charge < -0.3 is 10.2 Å². The van der Waals surface area contributed by atoms with Crippen LogP contribution in [0.3, 0.4) is 0 Å². The third kappa shape index (κ3) is 1.65. The second-order valence-electron chi connectivity index (χ2n) is 5.05. The highest BCUT2D eigenvalue weighted by Gasteiger charge is 2.41. The van der Waals surface area contributed by atoms with Crippen LogP contribution in [-0.4, -0.2) is 35.5 Å². The van der Waals surface area contributed by atoms with Crippen LogP contribution in [0, 0.1) is 0 Å². The minimum absolute atomic E-state index is 0.100. The van der Waals surface area contributed by atoms with Gasteiger partial charge in [0, 0.05) is 12.1 Å². The van der Waals surface area contributed by atoms with Gasteiger partial charge in [-0.15, -0.1) is 0 Å². The summed E-state index contributed by atoms with van der Waals surface area (Å²) in [5, 5.41) is 3.31. The highest BCUT2D eigenvalue weighted by atomic mass is 16.2. The topological polar surface area (TPSA) is 32.3 Å². The first kappa shape index (κ1) is 9.97. The normalized spacial score (nSPS) is 31.0. The van der Waals surface area contributed by atoms with Gasteiger partial charge in [-0.2, -0.15) is 0 Å². The van der Waals surface area contributed by atoms with E-state index in [0.29, 0.717) is 5.91 Å². The molecule has 80 valence electrons. The Labute approximate surface area is 85.8 Å². The Morgan fingerprint density at radius 3 is 2.64 bits per heavy atom. The Hall–Kier alpha value is -0.570. The largest absolute Gasteiger partial charge is 0.336 e. The lowest BCUT2D eigenvalue weighted by Gasteiger charge is -2.50. The third-order valence-electron chi connectivity index (χ3n) is 3.55. The fourth-order valence-corrected chi connectivity index (χ4v) is 2.33. The number of hydrogen-bond donors (Lipinski definition) is 1. The number of carbonyl (C=O) groups excluding carboxylic acids is 1. The molecule has 1 atom stereocenters. The van der Waals surface area contributed by atoms with Crippen LogP contribution in [0.4, 0.5) is 0 Å². The molecule has 2 saturated heterocycles. The van der Waals surface area contributed by atoms with Gasteiger partial charge in [0.2, 0.25) is 5.91 Å². The number of nitrogens with zero attached hydrogens (tertiary/aromatic N) is 1. The van der Waals surface area contributed by atoms with Crippen molar-refractivity contribution in [2.75, 3.05) is 13.1 Å². The zero-order valence-electron chi connectivity index (χ0n) is 9.18. The van der Waals surface area contributed by atoms with Gasteiger partial charge in [0.15, 0.2) is 0 Å². The van der Waals surface area contributed by atoms with E-state index in [2.05, 4.69) is 19.2 Å². The zero-order chi connectivity index (χ0) is 10.2. The fourth-order valence-electron chi connectivity index (χ4n) is 2.33. The number of piperidine rings is 1. The first-order valence-corrected chi connectivity index (χ1v) is 5.66. The molecule has 2 fully saturated rings. The van der Waals surface area contributed by atoms with Crippen LogP contribution in [0.15, 0.2) is 0 Å². The number of likely N-dealkylation sites (tertiary alicyclic amines) is 1. The molecule has 1 N–H and O–H groups in total. The van der Waals surface area contributed by atoms with Gasteiger partial charge in [-0.05, 0) is 39.7 Å². The van der Waals surface area contributed by atoms with E-state index in [0.717, 1.165) is 25.9 Å². The Kier molecular flexibility index (Phi) is 2.52. The molecule has 2 aliphatic heterocycles. The number of amides is 1. The summed E-state index contributed by atoms with van der Waals surface area (Å²) in [4.78, 5) is 14.1. The molecular formula is C11H20N2O. The van der Waals surface area contributed by atoms with E-state index >= 15 is 0 Å². The molecule has 3 nitrogen and oxygen atoms in total. The lowest BCUT2D eigenvalue weighted by Crippen LogP contribution is -2.63. The molecule has 0 saturated carbocycles. The molecule has 2 rings (SSSR count). The van der Waals surface area contributed by atoms with Crippen molar-refractivity contribution in [3.63, 3.8) is 0 Å². The van der Waals surface area contributed by atoms with E-state index in [1.165, 1.54) is 12.8 Å². The highest BCUT2D eigenvalue weighted by molar-refractivity contribution is 5.83. The van der Waals surface area contributed by atoms with Gasteiger partial charge in [-0.25, -0.2) is 0 Å². The van der Waals surface area contributed by atoms with E-state index in [4.69, 9.17) is 0 Å². The molecule has 0 aromatic rings. The smallest absolute Gasteiger partial charge is 0.240 e. The van der Waals surface area contributed by atoms with Crippen LogP contribution < -0.4 is 5.32 Å². The molecule has 0 aromatic heterocycles. The fraction of sp³-hybridized carbons (Fsp3) is 0.909. The van der Waals surface area contributed by atoms with Crippen LogP contribution in [-0.2, 0) is 4.79 Å². The predicted molar refractivity (Wildman–Crippen MR) is 56.1 cm³/mol. The number of nitrogens with one attached hydrogen (secondary N) is 1. The number of carbonyl (C=O) groups is 1. The molecule has 0 bridgehead atoms. The summed E-state index contributed by atoms with van der Waals surface area (Å²) in [5.74, 6) is 0.320. The molecule has 0 radical (unpaired) electrons. The molecular weight excluding hydrogens is 176 g/mol. The molecule has 0 spiro atoms. The maximum absolute atomic E-state index is 12.1. The van der Waals surface area contributed by atoms with E-state index in [-0.39, 0.29) is 11.6 Å². The molecule has 0 unspecified atom stereocenters. The first-order chi connectivity index (χ1) is 6.61. The van der Waals surface area contributed by atoms with Crippen molar-refractivity contribution in [3.8, 4) is 0 Å². The van der Waals surface area contributed by atoms with Crippen molar-refractivity contribution in [2.45, 2.75) is 51.1 Å². The highest BCUT2D eigenvalue weighted by Crippen LogP contribution is 2.30. The van der Waals surface area contributed by atoms with E-state index in [1.807, 2.05) is 4.90 Å². The molecule has 1 amide bonds. The zero-order valence-corrected chi connectivity index (χ0v) is 9.18. The minimum atomic E-state index is 0.100. The van der Waals surface area contributed by atoms with E-state index in [9.17, 15) is 4.79 Å². The average molecular weight is 196 g/mol. The molecule has 2 heterocycles. The van der Waals surface area contributed by atoms with Gasteiger partial charge in [0.1, 0.15) is 0 Å². The number of hydrogen-bond acceptors (Lipinski definition) is 2. The molecule has 14 heavy (non-hydrogen) atoms. The monoisotopic (exact) mass is 196 g/mol. The van der Waals surface area contributed by atoms with Crippen LogP contribution in [0.1, 0.15) is 39.5 Å². The van der Waals surface area contributed by atoms with Crippen molar-refractivity contribution in [2.24, 2.45) is 0 Å². The van der Waals surface area contributed by atoms with Crippen molar-refractivity contribution in [1.82, 2.24) is 10.2 Å². The lowest BCUT2D eigenvalue weighted by molar-refractivity contribution is -0.147. The van der Waals surface area contributed by atoms with Crippen LogP contribution >= 0.6 is 0 Å². The van der Waals surface area contributed by atoms with Crippen molar-refractivity contribution in [3.05, 3.63) is 0 Å². The van der Waals surface area contributed by atoms with Crippen LogP contribution in [0.2, 0.25) is 0 Å². The van der Waals surface area contributed by atoms with Gasteiger partial charge in [0.25, 0.3) is 0 Å². The summed E-state index contributed by atoms with van der Waals surface area (Å²) in [5.41, 5.74) is 0.107. The average Bonchev–Trinajstić information content (AvgIpc) is 2.18. The van der Waals surface area contributed by atoms with Gasteiger partial charge in [-0.3, -0.25) is 4.79 Å². The summed E-state index contributed by atoms with van der Waals surface area (Å²) < 4.78 is 0.